The molecule has 1 saturated carbocycles. The molecule has 0 radical (unpaired) electrons. The van der Waals surface area contributed by atoms with E-state index >= 15 is 0 Å². The molecule has 1 unspecified atom stereocenters. The fraction of sp³-hybridized carbons (Fsp3) is 0.680. The summed E-state index contributed by atoms with van der Waals surface area (Å²) in [5, 5.41) is 12.0. The quantitative estimate of drug-likeness (QED) is 0.790. The third-order valence-corrected chi connectivity index (χ3v) is 7.44. The normalized spacial score (nSPS) is 33.2. The SMILES string of the molecule is CO[C@]1(C#CC(O)(c2ccccc2)C2CCCCCCC2)CN2CCC1CC2. The van der Waals surface area contributed by atoms with E-state index in [9.17, 15) is 5.11 Å². The van der Waals surface area contributed by atoms with Gasteiger partial charge in [0.15, 0.2) is 5.60 Å². The lowest BCUT2D eigenvalue weighted by Crippen LogP contribution is -2.59. The summed E-state index contributed by atoms with van der Waals surface area (Å²) in [6, 6.07) is 10.1. The molecule has 1 aliphatic carbocycles. The molecule has 28 heavy (non-hydrogen) atoms. The van der Waals surface area contributed by atoms with Crippen molar-refractivity contribution in [1.29, 1.82) is 0 Å². The summed E-state index contributed by atoms with van der Waals surface area (Å²) in [6.07, 6.45) is 10.6. The zero-order chi connectivity index (χ0) is 19.5. The zero-order valence-corrected chi connectivity index (χ0v) is 17.3. The number of hydrogen-bond acceptors (Lipinski definition) is 3. The highest BCUT2D eigenvalue weighted by Crippen LogP contribution is 2.40. The minimum absolute atomic E-state index is 0.192. The van der Waals surface area contributed by atoms with Crippen LogP contribution < -0.4 is 0 Å². The lowest BCUT2D eigenvalue weighted by molar-refractivity contribution is -0.0968. The molecule has 2 bridgehead atoms. The summed E-state index contributed by atoms with van der Waals surface area (Å²) >= 11 is 0. The van der Waals surface area contributed by atoms with Gasteiger partial charge in [-0.15, -0.1) is 0 Å². The Morgan fingerprint density at radius 2 is 1.64 bits per heavy atom. The summed E-state index contributed by atoms with van der Waals surface area (Å²) in [4.78, 5) is 2.47. The van der Waals surface area contributed by atoms with Crippen LogP contribution in [0.25, 0.3) is 0 Å². The summed E-state index contributed by atoms with van der Waals surface area (Å²) in [5.74, 6) is 7.63. The van der Waals surface area contributed by atoms with Crippen LogP contribution in [0.4, 0.5) is 0 Å². The average molecular weight is 382 g/mol. The van der Waals surface area contributed by atoms with Gasteiger partial charge in [0.1, 0.15) is 5.60 Å². The van der Waals surface area contributed by atoms with E-state index in [1.54, 1.807) is 7.11 Å². The number of benzene rings is 1. The Balaban J connectivity index is 1.69. The van der Waals surface area contributed by atoms with Crippen molar-refractivity contribution < 1.29 is 9.84 Å². The number of piperidine rings is 3. The van der Waals surface area contributed by atoms with Crippen molar-refractivity contribution in [3.63, 3.8) is 0 Å². The van der Waals surface area contributed by atoms with E-state index in [1.807, 2.05) is 30.3 Å². The zero-order valence-electron chi connectivity index (χ0n) is 17.3. The highest BCUT2D eigenvalue weighted by molar-refractivity contribution is 5.36. The number of ether oxygens (including phenoxy) is 1. The minimum Gasteiger partial charge on any atom is -0.373 e. The van der Waals surface area contributed by atoms with Crippen LogP contribution in [-0.2, 0) is 10.3 Å². The van der Waals surface area contributed by atoms with Crippen molar-refractivity contribution in [2.75, 3.05) is 26.7 Å². The van der Waals surface area contributed by atoms with Gasteiger partial charge in [0, 0.05) is 25.5 Å². The van der Waals surface area contributed by atoms with Crippen molar-refractivity contribution in [2.45, 2.75) is 69.0 Å². The Morgan fingerprint density at radius 3 is 2.21 bits per heavy atom. The van der Waals surface area contributed by atoms with Crippen molar-refractivity contribution >= 4 is 0 Å². The molecular formula is C25H35NO2. The maximum absolute atomic E-state index is 12.0. The maximum atomic E-state index is 12.0. The van der Waals surface area contributed by atoms with Crippen LogP contribution >= 0.6 is 0 Å². The largest absolute Gasteiger partial charge is 0.373 e. The molecule has 3 nitrogen and oxygen atoms in total. The number of hydrogen-bond donors (Lipinski definition) is 1. The lowest BCUT2D eigenvalue weighted by atomic mass is 9.72. The first-order valence-corrected chi connectivity index (χ1v) is 11.3. The van der Waals surface area contributed by atoms with Gasteiger partial charge in [-0.1, -0.05) is 74.3 Å². The Kier molecular flexibility index (Phi) is 6.11. The Labute approximate surface area is 170 Å². The molecule has 1 aromatic carbocycles. The molecule has 5 rings (SSSR count). The molecule has 0 spiro atoms. The van der Waals surface area contributed by atoms with Gasteiger partial charge in [-0.25, -0.2) is 0 Å². The van der Waals surface area contributed by atoms with Crippen LogP contribution in [-0.4, -0.2) is 42.4 Å². The molecule has 4 fully saturated rings. The second-order valence-corrected chi connectivity index (χ2v) is 9.07. The predicted octanol–water partition coefficient (Wildman–Crippen LogP) is 4.35. The maximum Gasteiger partial charge on any atom is 0.153 e. The number of methoxy groups -OCH3 is 1. The van der Waals surface area contributed by atoms with Crippen LogP contribution in [0, 0.1) is 23.7 Å². The van der Waals surface area contributed by atoms with Gasteiger partial charge in [-0.3, -0.25) is 4.90 Å². The molecule has 1 aromatic rings. The molecule has 3 aliphatic heterocycles. The molecule has 152 valence electrons. The van der Waals surface area contributed by atoms with Crippen LogP contribution in [0.2, 0.25) is 0 Å². The van der Waals surface area contributed by atoms with Gasteiger partial charge in [0.2, 0.25) is 0 Å². The van der Waals surface area contributed by atoms with E-state index < -0.39 is 11.2 Å². The topological polar surface area (TPSA) is 32.7 Å². The molecule has 1 N–H and O–H groups in total. The summed E-state index contributed by atoms with van der Waals surface area (Å²) in [7, 11) is 1.80. The lowest BCUT2D eigenvalue weighted by Gasteiger charge is -2.50. The fourth-order valence-corrected chi connectivity index (χ4v) is 5.62. The van der Waals surface area contributed by atoms with Gasteiger partial charge in [0.05, 0.1) is 0 Å². The second-order valence-electron chi connectivity index (χ2n) is 9.07. The summed E-state index contributed by atoms with van der Waals surface area (Å²) in [5.41, 5.74) is -0.572. The van der Waals surface area contributed by atoms with Gasteiger partial charge in [-0.05, 0) is 44.3 Å². The van der Waals surface area contributed by atoms with Crippen LogP contribution in [0.15, 0.2) is 30.3 Å². The van der Waals surface area contributed by atoms with Crippen LogP contribution in [0.1, 0.15) is 63.4 Å². The Bertz CT molecular complexity index is 692. The molecule has 3 heterocycles. The predicted molar refractivity (Wildman–Crippen MR) is 113 cm³/mol. The monoisotopic (exact) mass is 381 g/mol. The Morgan fingerprint density at radius 1 is 1.00 bits per heavy atom. The van der Waals surface area contributed by atoms with Gasteiger partial charge >= 0.3 is 0 Å². The summed E-state index contributed by atoms with van der Waals surface area (Å²) in [6.45, 7) is 3.18. The molecule has 3 saturated heterocycles. The number of rotatable bonds is 3. The highest BCUT2D eigenvalue weighted by atomic mass is 16.5. The first-order chi connectivity index (χ1) is 13.7. The van der Waals surface area contributed by atoms with E-state index in [4.69, 9.17) is 4.74 Å². The molecule has 3 heteroatoms. The third kappa shape index (κ3) is 3.88. The van der Waals surface area contributed by atoms with Gasteiger partial charge < -0.3 is 9.84 Å². The standard InChI is InChI=1S/C25H35NO2/c1-28-24(20-26-18-14-21(24)15-19-26)16-17-25(27,23-12-8-5-9-13-23)22-10-6-3-2-4-7-11-22/h5,8-9,12-13,21-22,27H,2-4,6-7,10-11,14-15,18-20H2,1H3/t24-,25?/m1/s1. The first kappa shape index (κ1) is 20.0. The van der Waals surface area contributed by atoms with E-state index in [2.05, 4.69) is 16.7 Å². The third-order valence-electron chi connectivity index (χ3n) is 7.44. The van der Waals surface area contributed by atoms with Crippen molar-refractivity contribution in [1.82, 2.24) is 4.90 Å². The van der Waals surface area contributed by atoms with Gasteiger partial charge in [-0.2, -0.15) is 0 Å². The average Bonchev–Trinajstić information content (AvgIpc) is 2.73. The fourth-order valence-electron chi connectivity index (χ4n) is 5.62. The second kappa shape index (κ2) is 8.57. The Hall–Kier alpha value is -1.34. The minimum atomic E-state index is -1.09. The number of nitrogens with zero attached hydrogens (tertiary/aromatic N) is 1. The number of fused-ring (bicyclic) bond motifs is 3. The van der Waals surface area contributed by atoms with Crippen molar-refractivity contribution in [2.24, 2.45) is 11.8 Å². The molecule has 0 aromatic heterocycles. The molecule has 4 aliphatic rings. The van der Waals surface area contributed by atoms with E-state index in [0.717, 1.165) is 50.9 Å². The van der Waals surface area contributed by atoms with Crippen LogP contribution in [0.3, 0.4) is 0 Å². The molecule has 2 atom stereocenters. The van der Waals surface area contributed by atoms with E-state index in [1.165, 1.54) is 32.1 Å². The molecular weight excluding hydrogens is 346 g/mol. The van der Waals surface area contributed by atoms with Crippen LogP contribution in [0.5, 0.6) is 0 Å². The first-order valence-electron chi connectivity index (χ1n) is 11.3. The highest BCUT2D eigenvalue weighted by Gasteiger charge is 2.47. The van der Waals surface area contributed by atoms with Crippen molar-refractivity contribution in [3.8, 4) is 11.8 Å². The molecule has 0 amide bonds. The van der Waals surface area contributed by atoms with Crippen molar-refractivity contribution in [3.05, 3.63) is 35.9 Å². The number of aliphatic hydroxyl groups is 1. The van der Waals surface area contributed by atoms with E-state index in [0.29, 0.717) is 5.92 Å². The summed E-state index contributed by atoms with van der Waals surface area (Å²) < 4.78 is 6.05. The van der Waals surface area contributed by atoms with Gasteiger partial charge in [0.25, 0.3) is 0 Å². The van der Waals surface area contributed by atoms with E-state index in [-0.39, 0.29) is 5.92 Å². The smallest absolute Gasteiger partial charge is 0.153 e.